The van der Waals surface area contributed by atoms with Gasteiger partial charge in [-0.2, -0.15) is 0 Å². The highest BCUT2D eigenvalue weighted by atomic mass is 16.5. The summed E-state index contributed by atoms with van der Waals surface area (Å²) in [5, 5.41) is 2.96. The number of carbonyl (C=O) groups is 1. The lowest BCUT2D eigenvalue weighted by Crippen LogP contribution is -2.26. The van der Waals surface area contributed by atoms with Crippen molar-refractivity contribution in [2.24, 2.45) is 0 Å². The van der Waals surface area contributed by atoms with Crippen LogP contribution in [0.3, 0.4) is 0 Å². The second-order valence-corrected chi connectivity index (χ2v) is 6.00. The van der Waals surface area contributed by atoms with Crippen molar-refractivity contribution < 1.29 is 14.3 Å². The lowest BCUT2D eigenvalue weighted by molar-refractivity contribution is 0.102. The predicted molar refractivity (Wildman–Crippen MR) is 94.0 cm³/mol. The first-order valence-corrected chi connectivity index (χ1v) is 7.94. The molecule has 5 heteroatoms. The van der Waals surface area contributed by atoms with Crippen molar-refractivity contribution in [1.82, 2.24) is 4.90 Å². The third-order valence-corrected chi connectivity index (χ3v) is 4.31. The summed E-state index contributed by atoms with van der Waals surface area (Å²) in [6, 6.07) is 11.3. The third kappa shape index (κ3) is 3.36. The summed E-state index contributed by atoms with van der Waals surface area (Å²) in [5.41, 5.74) is 3.97. The van der Waals surface area contributed by atoms with Gasteiger partial charge in [0.05, 0.1) is 14.2 Å². The van der Waals surface area contributed by atoms with Gasteiger partial charge in [-0.25, -0.2) is 0 Å². The molecule has 126 valence electrons. The molecule has 0 aromatic heterocycles. The van der Waals surface area contributed by atoms with Crippen LogP contribution in [0.5, 0.6) is 11.5 Å². The van der Waals surface area contributed by atoms with Gasteiger partial charge in [0.15, 0.2) is 11.5 Å². The van der Waals surface area contributed by atoms with E-state index in [-0.39, 0.29) is 5.91 Å². The Balaban J connectivity index is 1.79. The molecule has 0 aliphatic carbocycles. The van der Waals surface area contributed by atoms with Crippen molar-refractivity contribution in [3.05, 3.63) is 53.1 Å². The van der Waals surface area contributed by atoms with Gasteiger partial charge in [0.25, 0.3) is 5.91 Å². The molecule has 0 unspecified atom stereocenters. The maximum absolute atomic E-state index is 12.5. The molecule has 0 atom stereocenters. The van der Waals surface area contributed by atoms with Crippen LogP contribution >= 0.6 is 0 Å². The quantitative estimate of drug-likeness (QED) is 0.938. The number of benzene rings is 2. The van der Waals surface area contributed by atoms with Gasteiger partial charge in [0.1, 0.15) is 0 Å². The van der Waals surface area contributed by atoms with Gasteiger partial charge in [-0.1, -0.05) is 6.07 Å². The Morgan fingerprint density at radius 3 is 2.58 bits per heavy atom. The largest absolute Gasteiger partial charge is 0.493 e. The van der Waals surface area contributed by atoms with Crippen LogP contribution in [0.15, 0.2) is 36.4 Å². The molecule has 0 saturated heterocycles. The molecular weight excluding hydrogens is 304 g/mol. The Bertz CT molecular complexity index is 758. The number of carbonyl (C=O) groups excluding carboxylic acids is 1. The molecule has 0 saturated carbocycles. The minimum atomic E-state index is -0.167. The third-order valence-electron chi connectivity index (χ3n) is 4.31. The lowest BCUT2D eigenvalue weighted by atomic mass is 9.99. The van der Waals surface area contributed by atoms with E-state index in [0.717, 1.165) is 25.2 Å². The molecule has 0 fully saturated rings. The fraction of sp³-hybridized carbons (Fsp3) is 0.316. The van der Waals surface area contributed by atoms with Crippen molar-refractivity contribution in [2.45, 2.75) is 13.0 Å². The average Bonchev–Trinajstić information content (AvgIpc) is 2.60. The molecule has 2 aromatic rings. The second kappa shape index (κ2) is 6.93. The Morgan fingerprint density at radius 2 is 1.83 bits per heavy atom. The lowest BCUT2D eigenvalue weighted by Gasteiger charge is -2.25. The molecule has 3 rings (SSSR count). The Labute approximate surface area is 142 Å². The molecule has 1 aliphatic rings. The van der Waals surface area contributed by atoms with Crippen molar-refractivity contribution >= 4 is 11.6 Å². The summed E-state index contributed by atoms with van der Waals surface area (Å²) < 4.78 is 10.5. The van der Waals surface area contributed by atoms with E-state index < -0.39 is 0 Å². The van der Waals surface area contributed by atoms with Crippen LogP contribution in [0.2, 0.25) is 0 Å². The van der Waals surface area contributed by atoms with Gasteiger partial charge < -0.3 is 19.7 Å². The first-order valence-electron chi connectivity index (χ1n) is 7.94. The molecule has 0 radical (unpaired) electrons. The van der Waals surface area contributed by atoms with E-state index in [1.165, 1.54) is 11.1 Å². The Kier molecular flexibility index (Phi) is 4.71. The van der Waals surface area contributed by atoms with Crippen molar-refractivity contribution in [3.8, 4) is 11.5 Å². The molecule has 2 aromatic carbocycles. The molecule has 1 aliphatic heterocycles. The van der Waals surface area contributed by atoms with E-state index in [1.807, 2.05) is 6.07 Å². The number of anilines is 1. The fourth-order valence-corrected chi connectivity index (χ4v) is 2.96. The zero-order valence-corrected chi connectivity index (χ0v) is 14.3. The molecule has 0 spiro atoms. The zero-order chi connectivity index (χ0) is 17.1. The van der Waals surface area contributed by atoms with Crippen LogP contribution in [0.25, 0.3) is 0 Å². The minimum absolute atomic E-state index is 0.167. The van der Waals surface area contributed by atoms with Gasteiger partial charge in [-0.3, -0.25) is 4.79 Å². The van der Waals surface area contributed by atoms with Gasteiger partial charge in [0.2, 0.25) is 0 Å². The molecule has 1 heterocycles. The second-order valence-electron chi connectivity index (χ2n) is 6.00. The predicted octanol–water partition coefficient (Wildman–Crippen LogP) is 2.94. The van der Waals surface area contributed by atoms with Crippen molar-refractivity contribution in [2.75, 3.05) is 33.1 Å². The van der Waals surface area contributed by atoms with Gasteiger partial charge in [0, 0.05) is 24.3 Å². The minimum Gasteiger partial charge on any atom is -0.493 e. The molecule has 1 N–H and O–H groups in total. The number of nitrogens with zero attached hydrogens (tertiary/aromatic N) is 1. The van der Waals surface area contributed by atoms with Crippen LogP contribution < -0.4 is 14.8 Å². The van der Waals surface area contributed by atoms with Gasteiger partial charge in [-0.15, -0.1) is 0 Å². The molecule has 24 heavy (non-hydrogen) atoms. The Morgan fingerprint density at radius 1 is 1.04 bits per heavy atom. The summed E-state index contributed by atoms with van der Waals surface area (Å²) >= 11 is 0. The summed E-state index contributed by atoms with van der Waals surface area (Å²) in [6.45, 7) is 1.99. The van der Waals surface area contributed by atoms with E-state index in [0.29, 0.717) is 17.1 Å². The van der Waals surface area contributed by atoms with E-state index in [4.69, 9.17) is 9.47 Å². The molecule has 1 amide bonds. The highest BCUT2D eigenvalue weighted by molar-refractivity contribution is 6.04. The number of amides is 1. The molecular formula is C19H22N2O3. The summed E-state index contributed by atoms with van der Waals surface area (Å²) in [4.78, 5) is 14.8. The van der Waals surface area contributed by atoms with Crippen LogP contribution in [0, 0.1) is 0 Å². The number of nitrogens with one attached hydrogen (secondary N) is 1. The number of rotatable bonds is 4. The van der Waals surface area contributed by atoms with E-state index >= 15 is 0 Å². The van der Waals surface area contributed by atoms with E-state index in [2.05, 4.69) is 29.4 Å². The average molecular weight is 326 g/mol. The number of ether oxygens (including phenoxy) is 2. The Hall–Kier alpha value is -2.53. The molecule has 0 bridgehead atoms. The highest BCUT2D eigenvalue weighted by Crippen LogP contribution is 2.28. The smallest absolute Gasteiger partial charge is 0.255 e. The van der Waals surface area contributed by atoms with Crippen molar-refractivity contribution in [1.29, 1.82) is 0 Å². The number of hydrogen-bond acceptors (Lipinski definition) is 4. The van der Waals surface area contributed by atoms with Gasteiger partial charge in [-0.05, 0) is 54.9 Å². The summed E-state index contributed by atoms with van der Waals surface area (Å²) in [7, 11) is 5.24. The van der Waals surface area contributed by atoms with Crippen LogP contribution in [-0.2, 0) is 13.0 Å². The van der Waals surface area contributed by atoms with Crippen molar-refractivity contribution in [3.63, 3.8) is 0 Å². The molecule has 5 nitrogen and oxygen atoms in total. The summed E-state index contributed by atoms with van der Waals surface area (Å²) in [5.74, 6) is 0.975. The number of likely N-dealkylation sites (N-methyl/N-ethyl adjacent to an activating group) is 1. The fourth-order valence-electron chi connectivity index (χ4n) is 2.96. The number of hydrogen-bond donors (Lipinski definition) is 1. The van der Waals surface area contributed by atoms with Crippen LogP contribution in [0.1, 0.15) is 21.5 Å². The van der Waals surface area contributed by atoms with Crippen LogP contribution in [0.4, 0.5) is 5.69 Å². The zero-order valence-electron chi connectivity index (χ0n) is 14.3. The monoisotopic (exact) mass is 326 g/mol. The number of methoxy groups -OCH3 is 2. The SMILES string of the molecule is COc1ccc(C(=O)Nc2ccc3c(c2)CN(C)CC3)cc1OC. The standard InChI is InChI=1S/C19H22N2O3/c1-21-9-8-13-4-6-16(10-15(13)12-21)20-19(22)14-5-7-17(23-2)18(11-14)24-3/h4-7,10-11H,8-9,12H2,1-3H3,(H,20,22). The first-order chi connectivity index (χ1) is 11.6. The van der Waals surface area contributed by atoms with E-state index in [1.54, 1.807) is 32.4 Å². The highest BCUT2D eigenvalue weighted by Gasteiger charge is 2.15. The van der Waals surface area contributed by atoms with Gasteiger partial charge >= 0.3 is 0 Å². The normalized spacial score (nSPS) is 14.0. The maximum Gasteiger partial charge on any atom is 0.255 e. The summed E-state index contributed by atoms with van der Waals surface area (Å²) in [6.07, 6.45) is 1.05. The topological polar surface area (TPSA) is 50.8 Å². The van der Waals surface area contributed by atoms with Crippen LogP contribution in [-0.4, -0.2) is 38.6 Å². The first kappa shape index (κ1) is 16.3. The van der Waals surface area contributed by atoms with E-state index in [9.17, 15) is 4.79 Å². The maximum atomic E-state index is 12.5. The number of fused-ring (bicyclic) bond motifs is 1.